The van der Waals surface area contributed by atoms with Gasteiger partial charge in [-0.3, -0.25) is 4.79 Å². The fourth-order valence-electron chi connectivity index (χ4n) is 2.83. The predicted octanol–water partition coefficient (Wildman–Crippen LogP) is 4.37. The SMILES string of the molecule is CCN(CCNC(=O)Cc1csc(-c2cccs2)n1)c1ccccc1C. The van der Waals surface area contributed by atoms with Crippen molar-refractivity contribution < 1.29 is 4.79 Å². The zero-order valence-electron chi connectivity index (χ0n) is 15.1. The second-order valence-electron chi connectivity index (χ2n) is 6.01. The number of rotatable bonds is 8. The molecule has 1 N–H and O–H groups in total. The van der Waals surface area contributed by atoms with Gasteiger partial charge < -0.3 is 10.2 Å². The molecule has 2 aromatic heterocycles. The summed E-state index contributed by atoms with van der Waals surface area (Å²) in [4.78, 5) is 20.2. The summed E-state index contributed by atoms with van der Waals surface area (Å²) in [5.41, 5.74) is 3.32. The number of hydrogen-bond donors (Lipinski definition) is 1. The standard InChI is InChI=1S/C20H23N3OS2/c1-3-23(17-8-5-4-7-15(17)2)11-10-21-19(24)13-16-14-26-20(22-16)18-9-6-12-25-18/h4-9,12,14H,3,10-11,13H2,1-2H3,(H,21,24). The summed E-state index contributed by atoms with van der Waals surface area (Å²) < 4.78 is 0. The van der Waals surface area contributed by atoms with Crippen molar-refractivity contribution in [2.24, 2.45) is 0 Å². The number of nitrogens with one attached hydrogen (secondary N) is 1. The van der Waals surface area contributed by atoms with E-state index in [0.717, 1.165) is 28.7 Å². The van der Waals surface area contributed by atoms with Crippen molar-refractivity contribution in [3.05, 3.63) is 58.4 Å². The number of likely N-dealkylation sites (N-methyl/N-ethyl adjacent to an activating group) is 1. The highest BCUT2D eigenvalue weighted by Crippen LogP contribution is 2.27. The van der Waals surface area contributed by atoms with Gasteiger partial charge in [0.1, 0.15) is 5.01 Å². The Bertz CT molecular complexity index is 842. The van der Waals surface area contributed by atoms with E-state index in [1.807, 2.05) is 22.9 Å². The molecule has 0 spiro atoms. The van der Waals surface area contributed by atoms with E-state index in [1.165, 1.54) is 11.3 Å². The lowest BCUT2D eigenvalue weighted by Crippen LogP contribution is -2.35. The van der Waals surface area contributed by atoms with Crippen LogP contribution >= 0.6 is 22.7 Å². The zero-order valence-corrected chi connectivity index (χ0v) is 16.7. The van der Waals surface area contributed by atoms with Crippen LogP contribution in [0.2, 0.25) is 0 Å². The van der Waals surface area contributed by atoms with Crippen LogP contribution in [0, 0.1) is 6.92 Å². The molecule has 0 unspecified atom stereocenters. The zero-order chi connectivity index (χ0) is 18.4. The molecule has 0 atom stereocenters. The van der Waals surface area contributed by atoms with Gasteiger partial charge in [0.2, 0.25) is 5.91 Å². The number of carbonyl (C=O) groups excluding carboxylic acids is 1. The molecule has 0 aliphatic rings. The number of benzene rings is 1. The largest absolute Gasteiger partial charge is 0.370 e. The van der Waals surface area contributed by atoms with Crippen molar-refractivity contribution in [1.29, 1.82) is 0 Å². The Hall–Kier alpha value is -2.18. The predicted molar refractivity (Wildman–Crippen MR) is 111 cm³/mol. The average Bonchev–Trinajstić information content (AvgIpc) is 3.31. The molecule has 6 heteroatoms. The van der Waals surface area contributed by atoms with Gasteiger partial charge in [-0.25, -0.2) is 4.98 Å². The lowest BCUT2D eigenvalue weighted by Gasteiger charge is -2.25. The number of hydrogen-bond acceptors (Lipinski definition) is 5. The van der Waals surface area contributed by atoms with Crippen LogP contribution < -0.4 is 10.2 Å². The third-order valence-electron chi connectivity index (χ3n) is 4.17. The molecule has 0 saturated heterocycles. The molecule has 0 fully saturated rings. The molecular weight excluding hydrogens is 362 g/mol. The molecule has 0 aliphatic heterocycles. The Kier molecular flexibility index (Phi) is 6.41. The van der Waals surface area contributed by atoms with E-state index < -0.39 is 0 Å². The normalized spacial score (nSPS) is 10.7. The monoisotopic (exact) mass is 385 g/mol. The summed E-state index contributed by atoms with van der Waals surface area (Å²) in [7, 11) is 0. The highest BCUT2D eigenvalue weighted by Gasteiger charge is 2.11. The summed E-state index contributed by atoms with van der Waals surface area (Å²) in [6.45, 7) is 6.59. The molecular formula is C20H23N3OS2. The Labute approximate surface area is 162 Å². The quantitative estimate of drug-likeness (QED) is 0.626. The van der Waals surface area contributed by atoms with Gasteiger partial charge in [-0.15, -0.1) is 22.7 Å². The van der Waals surface area contributed by atoms with Crippen molar-refractivity contribution >= 4 is 34.3 Å². The fraction of sp³-hybridized carbons (Fsp3) is 0.300. The topological polar surface area (TPSA) is 45.2 Å². The van der Waals surface area contributed by atoms with Crippen molar-refractivity contribution in [2.75, 3.05) is 24.5 Å². The minimum Gasteiger partial charge on any atom is -0.370 e. The average molecular weight is 386 g/mol. The van der Waals surface area contributed by atoms with Gasteiger partial charge in [0.05, 0.1) is 17.0 Å². The van der Waals surface area contributed by atoms with Gasteiger partial charge in [0.25, 0.3) is 0 Å². The van der Waals surface area contributed by atoms with Crippen LogP contribution in [-0.4, -0.2) is 30.5 Å². The van der Waals surface area contributed by atoms with Gasteiger partial charge in [-0.05, 0) is 36.9 Å². The Morgan fingerprint density at radius 2 is 2.04 bits per heavy atom. The smallest absolute Gasteiger partial charge is 0.226 e. The van der Waals surface area contributed by atoms with Crippen LogP contribution in [0.15, 0.2) is 47.2 Å². The second-order valence-corrected chi connectivity index (χ2v) is 7.82. The molecule has 1 aromatic carbocycles. The molecule has 0 aliphatic carbocycles. The van der Waals surface area contributed by atoms with Crippen LogP contribution in [0.1, 0.15) is 18.2 Å². The number of carbonyl (C=O) groups is 1. The number of aromatic nitrogens is 1. The third kappa shape index (κ3) is 4.71. The molecule has 1 amide bonds. The number of thiophene rings is 1. The minimum atomic E-state index is 0.0221. The molecule has 0 radical (unpaired) electrons. The maximum atomic E-state index is 12.2. The first-order valence-electron chi connectivity index (χ1n) is 8.73. The Morgan fingerprint density at radius 1 is 1.19 bits per heavy atom. The van der Waals surface area contributed by atoms with E-state index in [2.05, 4.69) is 53.3 Å². The van der Waals surface area contributed by atoms with Gasteiger partial charge in [0, 0.05) is 30.7 Å². The number of amides is 1. The summed E-state index contributed by atoms with van der Waals surface area (Å²) >= 11 is 3.26. The number of thiazole rings is 1. The van der Waals surface area contributed by atoms with Crippen molar-refractivity contribution in [3.63, 3.8) is 0 Å². The number of anilines is 1. The second kappa shape index (κ2) is 8.96. The minimum absolute atomic E-state index is 0.0221. The van der Waals surface area contributed by atoms with Crippen LogP contribution in [0.4, 0.5) is 5.69 Å². The van der Waals surface area contributed by atoms with Gasteiger partial charge in [-0.1, -0.05) is 24.3 Å². The van der Waals surface area contributed by atoms with Crippen molar-refractivity contribution in [2.45, 2.75) is 20.3 Å². The summed E-state index contributed by atoms with van der Waals surface area (Å²) in [5, 5.41) is 8.01. The first-order valence-corrected chi connectivity index (χ1v) is 10.5. The third-order valence-corrected chi connectivity index (χ3v) is 6.10. The van der Waals surface area contributed by atoms with Crippen LogP contribution in [0.25, 0.3) is 9.88 Å². The molecule has 3 aromatic rings. The maximum Gasteiger partial charge on any atom is 0.226 e. The van der Waals surface area contributed by atoms with E-state index in [9.17, 15) is 4.79 Å². The highest BCUT2D eigenvalue weighted by molar-refractivity contribution is 7.20. The molecule has 0 saturated carbocycles. The number of para-hydroxylation sites is 1. The van der Waals surface area contributed by atoms with E-state index in [1.54, 1.807) is 22.7 Å². The summed E-state index contributed by atoms with van der Waals surface area (Å²) in [6.07, 6.45) is 0.332. The summed E-state index contributed by atoms with van der Waals surface area (Å²) in [5.74, 6) is 0.0221. The van der Waals surface area contributed by atoms with Gasteiger partial charge in [0.15, 0.2) is 0 Å². The number of aryl methyl sites for hydroxylation is 1. The first-order chi connectivity index (χ1) is 12.7. The summed E-state index contributed by atoms with van der Waals surface area (Å²) in [6, 6.07) is 12.4. The Balaban J connectivity index is 1.49. The van der Waals surface area contributed by atoms with Crippen LogP contribution in [-0.2, 0) is 11.2 Å². The molecule has 4 nitrogen and oxygen atoms in total. The molecule has 0 bridgehead atoms. The van der Waals surface area contributed by atoms with E-state index in [0.29, 0.717) is 13.0 Å². The lowest BCUT2D eigenvalue weighted by molar-refractivity contribution is -0.120. The highest BCUT2D eigenvalue weighted by atomic mass is 32.1. The molecule has 3 rings (SSSR count). The van der Waals surface area contributed by atoms with E-state index in [4.69, 9.17) is 0 Å². The number of nitrogens with zero attached hydrogens (tertiary/aromatic N) is 2. The molecule has 136 valence electrons. The van der Waals surface area contributed by atoms with Crippen molar-refractivity contribution in [3.8, 4) is 9.88 Å². The van der Waals surface area contributed by atoms with Crippen LogP contribution in [0.5, 0.6) is 0 Å². The maximum absolute atomic E-state index is 12.2. The fourth-order valence-corrected chi connectivity index (χ4v) is 4.46. The first kappa shape index (κ1) is 18.6. The van der Waals surface area contributed by atoms with Crippen molar-refractivity contribution in [1.82, 2.24) is 10.3 Å². The van der Waals surface area contributed by atoms with Crippen LogP contribution in [0.3, 0.4) is 0 Å². The van der Waals surface area contributed by atoms with Gasteiger partial charge >= 0.3 is 0 Å². The Morgan fingerprint density at radius 3 is 2.77 bits per heavy atom. The molecule has 2 heterocycles. The van der Waals surface area contributed by atoms with E-state index >= 15 is 0 Å². The molecule has 26 heavy (non-hydrogen) atoms. The van der Waals surface area contributed by atoms with E-state index in [-0.39, 0.29) is 5.91 Å². The lowest BCUT2D eigenvalue weighted by atomic mass is 10.2. The van der Waals surface area contributed by atoms with Gasteiger partial charge in [-0.2, -0.15) is 0 Å².